The Balaban J connectivity index is 0.874. The number of para-hydroxylation sites is 3. The van der Waals surface area contributed by atoms with Crippen molar-refractivity contribution in [3.05, 3.63) is 284 Å². The minimum absolute atomic E-state index is 0.952. The second-order valence-electron chi connectivity index (χ2n) is 18.1. The van der Waals surface area contributed by atoms with E-state index in [1.165, 1.54) is 55.6 Å². The summed E-state index contributed by atoms with van der Waals surface area (Å²) in [5.41, 5.74) is 19.7. The van der Waals surface area contributed by atoms with Crippen LogP contribution < -0.4 is 19.5 Å². The highest BCUT2D eigenvalue weighted by Crippen LogP contribution is 2.65. The van der Waals surface area contributed by atoms with Gasteiger partial charge in [-0.15, -0.1) is 0 Å². The molecule has 1 aromatic heterocycles. The first-order valence-electron chi connectivity index (χ1n) is 24.4. The fourth-order valence-electron chi connectivity index (χ4n) is 10.4. The Hall–Kier alpha value is -8.69. The second-order valence-corrected chi connectivity index (χ2v) is 20.0. The highest BCUT2D eigenvalue weighted by molar-refractivity contribution is 7.70. The summed E-state index contributed by atoms with van der Waals surface area (Å²) < 4.78 is 11.6. The van der Waals surface area contributed by atoms with Gasteiger partial charge in [-0.3, -0.25) is 9.34 Å². The van der Waals surface area contributed by atoms with Gasteiger partial charge >= 0.3 is 0 Å². The lowest BCUT2D eigenvalue weighted by Crippen LogP contribution is -2.22. The van der Waals surface area contributed by atoms with Gasteiger partial charge in [0.15, 0.2) is 0 Å². The van der Waals surface area contributed by atoms with Crippen LogP contribution in [0.1, 0.15) is 23.3 Å². The lowest BCUT2D eigenvalue weighted by atomic mass is 9.91. The molecule has 2 aliphatic rings. The van der Waals surface area contributed by atoms with Gasteiger partial charge in [0.2, 0.25) is 0 Å². The molecule has 338 valence electrons. The van der Waals surface area contributed by atoms with Crippen LogP contribution in [-0.2, 0) is 6.42 Å². The number of rotatable bonds is 10. The monoisotopic (exact) mass is 929 g/mol. The van der Waals surface area contributed by atoms with Crippen LogP contribution in [0.5, 0.6) is 0 Å². The normalized spacial score (nSPS) is 14.0. The van der Waals surface area contributed by atoms with Gasteiger partial charge in [-0.05, 0) is 131 Å². The highest BCUT2D eigenvalue weighted by Gasteiger charge is 2.40. The molecule has 0 fully saturated rings. The van der Waals surface area contributed by atoms with E-state index < -0.39 is 8.22 Å². The van der Waals surface area contributed by atoms with Gasteiger partial charge in [0.1, 0.15) is 19.6 Å². The molecular formula is C66H48N3OP. The Labute approximate surface area is 416 Å². The number of benzene rings is 10. The molecule has 0 saturated carbocycles. The van der Waals surface area contributed by atoms with Crippen LogP contribution in [0.4, 0.5) is 39.8 Å². The Morgan fingerprint density at radius 3 is 1.38 bits per heavy atom. The predicted octanol–water partition coefficient (Wildman–Crippen LogP) is 18.2. The molecule has 1 aliphatic carbocycles. The van der Waals surface area contributed by atoms with Crippen LogP contribution in [0.15, 0.2) is 271 Å². The zero-order valence-electron chi connectivity index (χ0n) is 39.0. The van der Waals surface area contributed by atoms with Gasteiger partial charge in [-0.2, -0.15) is 0 Å². The highest BCUT2D eigenvalue weighted by atomic mass is 31.1. The van der Waals surface area contributed by atoms with Gasteiger partial charge in [0.05, 0.1) is 11.4 Å². The lowest BCUT2D eigenvalue weighted by molar-refractivity contribution is 0.591. The van der Waals surface area contributed by atoms with Gasteiger partial charge in [0.25, 0.3) is 0 Å². The summed E-state index contributed by atoms with van der Waals surface area (Å²) >= 11 is 0. The number of hydrogen-bond acceptors (Lipinski definition) is 4. The van der Waals surface area contributed by atoms with Gasteiger partial charge in [-0.25, -0.2) is 0 Å². The van der Waals surface area contributed by atoms with Gasteiger partial charge in [-0.1, -0.05) is 188 Å². The standard InChI is InChI=1S/C66H48N3OP/c1-5-16-47(17-6-1)49-28-37-54(38-29-49)67(56-41-32-52(33-42-56)60-25-15-26-62-61-24-13-14-27-65(61)70-66(60)62)55-39-30-51(31-40-55)53-36-45-63-64(46-53)69(58-22-11-4-12-23-58)71(68(63)57-20-9-3-10-21-57)59-43-34-50(35-44-59)48-18-7-2-8-19-48/h1-14,16-25,27-46H,15,26H2. The number of hydrogen-bond donors (Lipinski definition) is 0. The van der Waals surface area contributed by atoms with E-state index >= 15 is 0 Å². The van der Waals surface area contributed by atoms with Gasteiger partial charge in [0, 0.05) is 50.3 Å². The molecule has 1 aliphatic heterocycles. The molecule has 0 spiro atoms. The van der Waals surface area contributed by atoms with Crippen LogP contribution >= 0.6 is 8.22 Å². The Morgan fingerprint density at radius 2 is 0.817 bits per heavy atom. The molecule has 71 heavy (non-hydrogen) atoms. The zero-order valence-corrected chi connectivity index (χ0v) is 39.9. The van der Waals surface area contributed by atoms with E-state index in [0.717, 1.165) is 69.2 Å². The second kappa shape index (κ2) is 18.3. The van der Waals surface area contributed by atoms with Crippen molar-refractivity contribution in [1.82, 2.24) is 0 Å². The maximum atomic E-state index is 6.51. The first kappa shape index (κ1) is 42.4. The zero-order chi connectivity index (χ0) is 47.1. The quantitative estimate of drug-likeness (QED) is 0.127. The first-order valence-corrected chi connectivity index (χ1v) is 25.6. The number of nitrogens with zero attached hydrogens (tertiary/aromatic N) is 3. The molecule has 0 bridgehead atoms. The number of aryl methyl sites for hydroxylation is 1. The summed E-state index contributed by atoms with van der Waals surface area (Å²) in [6.45, 7) is 0. The van der Waals surface area contributed by atoms with E-state index in [2.05, 4.69) is 281 Å². The predicted molar refractivity (Wildman–Crippen MR) is 299 cm³/mol. The third-order valence-electron chi connectivity index (χ3n) is 13.8. The summed E-state index contributed by atoms with van der Waals surface area (Å²) in [6.07, 6.45) is 4.31. The van der Waals surface area contributed by atoms with Crippen molar-refractivity contribution in [1.29, 1.82) is 0 Å². The summed E-state index contributed by atoms with van der Waals surface area (Å²) in [6, 6.07) is 94.5. The summed E-state index contributed by atoms with van der Waals surface area (Å²) in [5.74, 6) is 0.995. The maximum Gasteiger partial charge on any atom is 0.138 e. The molecule has 1 unspecified atom stereocenters. The number of fused-ring (bicyclic) bond motifs is 4. The van der Waals surface area contributed by atoms with E-state index in [9.17, 15) is 0 Å². The molecule has 13 rings (SSSR count). The third-order valence-corrected chi connectivity index (χ3v) is 16.2. The Kier molecular flexibility index (Phi) is 10.9. The summed E-state index contributed by atoms with van der Waals surface area (Å²) in [4.78, 5) is 2.36. The van der Waals surface area contributed by atoms with Crippen LogP contribution in [0, 0.1) is 0 Å². The molecule has 0 N–H and O–H groups in total. The molecular weight excluding hydrogens is 882 g/mol. The van der Waals surface area contributed by atoms with Crippen molar-refractivity contribution in [3.8, 4) is 33.4 Å². The van der Waals surface area contributed by atoms with Crippen molar-refractivity contribution in [2.24, 2.45) is 0 Å². The molecule has 10 aromatic carbocycles. The maximum absolute atomic E-state index is 6.51. The fourth-order valence-corrected chi connectivity index (χ4v) is 12.9. The Morgan fingerprint density at radius 1 is 0.380 bits per heavy atom. The number of allylic oxidation sites excluding steroid dienone is 1. The number of furan rings is 1. The SMILES string of the molecule is C1=C(c2ccc(N(c3ccc(-c4ccccc4)cc3)c3ccc(-c4ccc5c(c4)N(c4ccccc4)P(c4ccc(-c6ccccc6)cc4)N5c4ccccc4)cc3)cc2)c2oc3ccccc3c2CC1. The molecule has 1 atom stereocenters. The van der Waals surface area contributed by atoms with E-state index in [4.69, 9.17) is 4.42 Å². The van der Waals surface area contributed by atoms with Gasteiger partial charge < -0.3 is 9.32 Å². The molecule has 5 heteroatoms. The minimum Gasteiger partial charge on any atom is -0.456 e. The molecule has 2 heterocycles. The van der Waals surface area contributed by atoms with Crippen molar-refractivity contribution in [2.45, 2.75) is 12.8 Å². The topological polar surface area (TPSA) is 22.9 Å². The summed E-state index contributed by atoms with van der Waals surface area (Å²) in [7, 11) is -1.07. The molecule has 0 amide bonds. The van der Waals surface area contributed by atoms with Crippen molar-refractivity contribution in [3.63, 3.8) is 0 Å². The van der Waals surface area contributed by atoms with E-state index in [0.29, 0.717) is 0 Å². The van der Waals surface area contributed by atoms with Crippen LogP contribution in [-0.4, -0.2) is 0 Å². The average Bonchev–Trinajstić information content (AvgIpc) is 4.01. The molecule has 0 saturated heterocycles. The van der Waals surface area contributed by atoms with Crippen LogP contribution in [0.25, 0.3) is 49.9 Å². The van der Waals surface area contributed by atoms with E-state index in [-0.39, 0.29) is 0 Å². The summed E-state index contributed by atoms with van der Waals surface area (Å²) in [5, 5.41) is 2.49. The van der Waals surface area contributed by atoms with Crippen molar-refractivity contribution >= 4 is 69.9 Å². The van der Waals surface area contributed by atoms with E-state index in [1.54, 1.807) is 0 Å². The third kappa shape index (κ3) is 7.89. The van der Waals surface area contributed by atoms with Crippen molar-refractivity contribution in [2.75, 3.05) is 14.2 Å². The van der Waals surface area contributed by atoms with Crippen LogP contribution in [0.3, 0.4) is 0 Å². The molecule has 11 aromatic rings. The first-order chi connectivity index (χ1) is 35.2. The lowest BCUT2D eigenvalue weighted by Gasteiger charge is -2.33. The smallest absolute Gasteiger partial charge is 0.138 e. The molecule has 0 radical (unpaired) electrons. The minimum atomic E-state index is -1.07. The van der Waals surface area contributed by atoms with Crippen molar-refractivity contribution < 1.29 is 4.42 Å². The Bertz CT molecular complexity index is 3670. The fraction of sp³-hybridized carbons (Fsp3) is 0.0303. The average molecular weight is 930 g/mol. The van der Waals surface area contributed by atoms with Crippen LogP contribution in [0.2, 0.25) is 0 Å². The number of anilines is 7. The molecule has 4 nitrogen and oxygen atoms in total. The largest absolute Gasteiger partial charge is 0.456 e. The van der Waals surface area contributed by atoms with E-state index in [1.807, 2.05) is 0 Å².